The minimum absolute atomic E-state index is 0.00255. The largest absolute Gasteiger partial charge is 0.417 e. The van der Waals surface area contributed by atoms with Gasteiger partial charge in [0.15, 0.2) is 0 Å². The van der Waals surface area contributed by atoms with Gasteiger partial charge in [-0.2, -0.15) is 13.2 Å². The first-order valence-electron chi connectivity index (χ1n) is 10.8. The molecular formula is C22H27F3N6O. The van der Waals surface area contributed by atoms with Crippen LogP contribution < -0.4 is 4.90 Å². The Kier molecular flexibility index (Phi) is 6.32. The van der Waals surface area contributed by atoms with Gasteiger partial charge in [-0.3, -0.25) is 9.69 Å². The van der Waals surface area contributed by atoms with Crippen LogP contribution in [0.15, 0.2) is 24.7 Å². The third-order valence-corrected chi connectivity index (χ3v) is 6.42. The number of likely N-dealkylation sites (tertiary alicyclic amines) is 1. The average molecular weight is 448 g/mol. The first-order valence-corrected chi connectivity index (χ1v) is 10.8. The summed E-state index contributed by atoms with van der Waals surface area (Å²) >= 11 is 0. The molecule has 2 aromatic heterocycles. The molecule has 7 nitrogen and oxygen atoms in total. The molecule has 1 amide bonds. The number of pyridine rings is 1. The first-order chi connectivity index (χ1) is 15.2. The summed E-state index contributed by atoms with van der Waals surface area (Å²) in [6.07, 6.45) is -0.194. The number of piperidine rings is 1. The number of amides is 1. The van der Waals surface area contributed by atoms with Gasteiger partial charge in [-0.25, -0.2) is 15.0 Å². The molecule has 172 valence electrons. The van der Waals surface area contributed by atoms with Gasteiger partial charge in [0.05, 0.1) is 22.5 Å². The van der Waals surface area contributed by atoms with Gasteiger partial charge in [-0.05, 0) is 38.8 Å². The number of piperazine rings is 1. The van der Waals surface area contributed by atoms with Crippen molar-refractivity contribution < 1.29 is 18.0 Å². The van der Waals surface area contributed by atoms with Crippen molar-refractivity contribution >= 4 is 11.7 Å². The predicted molar refractivity (Wildman–Crippen MR) is 113 cm³/mol. The minimum atomic E-state index is -4.37. The third-order valence-electron chi connectivity index (χ3n) is 6.42. The highest BCUT2D eigenvalue weighted by Crippen LogP contribution is 2.30. The van der Waals surface area contributed by atoms with Gasteiger partial charge in [-0.1, -0.05) is 0 Å². The zero-order valence-corrected chi connectivity index (χ0v) is 18.3. The smallest absolute Gasteiger partial charge is 0.354 e. The van der Waals surface area contributed by atoms with Crippen LogP contribution in [0.25, 0.3) is 0 Å². The molecule has 0 bridgehead atoms. The zero-order chi connectivity index (χ0) is 22.9. The lowest BCUT2D eigenvalue weighted by Gasteiger charge is -2.43. The van der Waals surface area contributed by atoms with Gasteiger partial charge in [0.1, 0.15) is 12.1 Å². The number of aryl methyl sites for hydroxylation is 2. The second-order valence-corrected chi connectivity index (χ2v) is 8.37. The normalized spacial score (nSPS) is 18.8. The van der Waals surface area contributed by atoms with Crippen molar-refractivity contribution in [2.75, 3.05) is 44.2 Å². The number of hydrogen-bond donors (Lipinski definition) is 0. The lowest BCUT2D eigenvalue weighted by Crippen LogP contribution is -2.54. The van der Waals surface area contributed by atoms with Crippen LogP contribution in [-0.4, -0.2) is 76.0 Å². The van der Waals surface area contributed by atoms with Crippen LogP contribution in [0.3, 0.4) is 0 Å². The monoisotopic (exact) mass is 448 g/mol. The maximum Gasteiger partial charge on any atom is 0.417 e. The predicted octanol–water partition coefficient (Wildman–Crippen LogP) is 2.93. The standard InChI is InChI=1S/C22H27F3N6O/c1-15-20(16(2)28-14-27-15)21(32)31-7-5-18(6-8-31)29-9-11-30(12-10-29)19-4-3-17(13-26-19)22(23,24)25/h3-4,13-14,18H,5-12H2,1-2H3. The van der Waals surface area contributed by atoms with Crippen LogP contribution in [0.5, 0.6) is 0 Å². The molecule has 4 rings (SSSR count). The van der Waals surface area contributed by atoms with E-state index < -0.39 is 11.7 Å². The van der Waals surface area contributed by atoms with E-state index in [-0.39, 0.29) is 5.91 Å². The maximum absolute atomic E-state index is 13.0. The van der Waals surface area contributed by atoms with Crippen molar-refractivity contribution in [2.45, 2.75) is 38.9 Å². The van der Waals surface area contributed by atoms with Crippen molar-refractivity contribution in [1.82, 2.24) is 24.8 Å². The molecule has 32 heavy (non-hydrogen) atoms. The van der Waals surface area contributed by atoms with Crippen LogP contribution in [-0.2, 0) is 6.18 Å². The Morgan fingerprint density at radius 3 is 2.09 bits per heavy atom. The van der Waals surface area contributed by atoms with E-state index in [1.54, 1.807) is 0 Å². The van der Waals surface area contributed by atoms with Crippen molar-refractivity contribution in [2.24, 2.45) is 0 Å². The SMILES string of the molecule is Cc1ncnc(C)c1C(=O)N1CCC(N2CCN(c3ccc(C(F)(F)F)cn3)CC2)CC1. The number of carbonyl (C=O) groups is 1. The van der Waals surface area contributed by atoms with E-state index in [1.165, 1.54) is 12.4 Å². The van der Waals surface area contributed by atoms with E-state index in [4.69, 9.17) is 0 Å². The van der Waals surface area contributed by atoms with Crippen molar-refractivity contribution in [3.05, 3.63) is 47.2 Å². The summed E-state index contributed by atoms with van der Waals surface area (Å²) in [5, 5.41) is 0. The fourth-order valence-electron chi connectivity index (χ4n) is 4.55. The topological polar surface area (TPSA) is 65.5 Å². The second-order valence-electron chi connectivity index (χ2n) is 8.37. The average Bonchev–Trinajstić information content (AvgIpc) is 2.79. The number of aromatic nitrogens is 3. The zero-order valence-electron chi connectivity index (χ0n) is 18.3. The molecule has 2 saturated heterocycles. The minimum Gasteiger partial charge on any atom is -0.354 e. The van der Waals surface area contributed by atoms with Gasteiger partial charge in [0.2, 0.25) is 0 Å². The van der Waals surface area contributed by atoms with Gasteiger partial charge in [-0.15, -0.1) is 0 Å². The number of anilines is 1. The molecule has 0 atom stereocenters. The Hall–Kier alpha value is -2.75. The summed E-state index contributed by atoms with van der Waals surface area (Å²) in [5.74, 6) is 0.575. The second kappa shape index (κ2) is 9.01. The molecular weight excluding hydrogens is 421 g/mol. The molecule has 0 saturated carbocycles. The molecule has 4 heterocycles. The van der Waals surface area contributed by atoms with Gasteiger partial charge in [0.25, 0.3) is 5.91 Å². The summed E-state index contributed by atoms with van der Waals surface area (Å²) in [4.78, 5) is 31.6. The first kappa shape index (κ1) is 22.4. The number of rotatable bonds is 3. The Balaban J connectivity index is 1.29. The molecule has 10 heteroatoms. The summed E-state index contributed by atoms with van der Waals surface area (Å²) in [6, 6.07) is 2.93. The quantitative estimate of drug-likeness (QED) is 0.720. The summed E-state index contributed by atoms with van der Waals surface area (Å²) in [6.45, 7) is 8.14. The molecule has 0 aliphatic carbocycles. The lowest BCUT2D eigenvalue weighted by atomic mass is 10.0. The van der Waals surface area contributed by atoms with Crippen LogP contribution in [0.1, 0.15) is 40.2 Å². The van der Waals surface area contributed by atoms with Crippen LogP contribution >= 0.6 is 0 Å². The van der Waals surface area contributed by atoms with E-state index in [0.717, 1.165) is 51.3 Å². The lowest BCUT2D eigenvalue weighted by molar-refractivity contribution is -0.137. The van der Waals surface area contributed by atoms with Crippen LogP contribution in [0.2, 0.25) is 0 Å². The van der Waals surface area contributed by atoms with Gasteiger partial charge < -0.3 is 9.80 Å². The molecule has 0 aromatic carbocycles. The molecule has 0 unspecified atom stereocenters. The molecule has 2 fully saturated rings. The Bertz CT molecular complexity index is 929. The van der Waals surface area contributed by atoms with Crippen molar-refractivity contribution in [3.8, 4) is 0 Å². The third kappa shape index (κ3) is 4.69. The number of carbonyl (C=O) groups excluding carboxylic acids is 1. The Labute approximate surface area is 185 Å². The molecule has 2 aromatic rings. The van der Waals surface area contributed by atoms with E-state index in [1.807, 2.05) is 23.6 Å². The Morgan fingerprint density at radius 1 is 0.938 bits per heavy atom. The van der Waals surface area contributed by atoms with Crippen molar-refractivity contribution in [1.29, 1.82) is 0 Å². The summed E-state index contributed by atoms with van der Waals surface area (Å²) < 4.78 is 38.2. The molecule has 0 N–H and O–H groups in total. The van der Waals surface area contributed by atoms with Crippen LogP contribution in [0.4, 0.5) is 19.0 Å². The van der Waals surface area contributed by atoms with Crippen LogP contribution in [0, 0.1) is 13.8 Å². The molecule has 0 spiro atoms. The fourth-order valence-corrected chi connectivity index (χ4v) is 4.55. The summed E-state index contributed by atoms with van der Waals surface area (Å²) in [7, 11) is 0. The van der Waals surface area contributed by atoms with E-state index in [9.17, 15) is 18.0 Å². The van der Waals surface area contributed by atoms with Gasteiger partial charge >= 0.3 is 6.18 Å². The summed E-state index contributed by atoms with van der Waals surface area (Å²) in [5.41, 5.74) is 1.28. The maximum atomic E-state index is 13.0. The highest BCUT2D eigenvalue weighted by Gasteiger charge is 2.32. The number of nitrogens with zero attached hydrogens (tertiary/aromatic N) is 6. The van der Waals surface area contributed by atoms with Gasteiger partial charge in [0, 0.05) is 51.5 Å². The molecule has 0 radical (unpaired) electrons. The number of hydrogen-bond acceptors (Lipinski definition) is 6. The van der Waals surface area contributed by atoms with E-state index in [0.29, 0.717) is 41.9 Å². The van der Waals surface area contributed by atoms with Crippen molar-refractivity contribution in [3.63, 3.8) is 0 Å². The highest BCUT2D eigenvalue weighted by atomic mass is 19.4. The number of alkyl halides is 3. The Morgan fingerprint density at radius 2 is 1.56 bits per heavy atom. The molecule has 2 aliphatic heterocycles. The highest BCUT2D eigenvalue weighted by molar-refractivity contribution is 5.96. The van der Waals surface area contributed by atoms with E-state index in [2.05, 4.69) is 19.9 Å². The van der Waals surface area contributed by atoms with E-state index >= 15 is 0 Å². The molecule has 2 aliphatic rings. The number of halogens is 3. The fraction of sp³-hybridized carbons (Fsp3) is 0.545.